The van der Waals surface area contributed by atoms with Crippen LogP contribution in [0.25, 0.3) is 0 Å². The van der Waals surface area contributed by atoms with Crippen LogP contribution in [-0.4, -0.2) is 8.42 Å². The summed E-state index contributed by atoms with van der Waals surface area (Å²) in [7, 11) is -3.57. The second-order valence-corrected chi connectivity index (χ2v) is 7.33. The Labute approximate surface area is 148 Å². The molecule has 0 bridgehead atoms. The molecular formula is C20H19NO3S. The SMILES string of the molecule is O=S(=O)(NCc1ccccc1)c1cccc(COc2ccccc2)c1. The lowest BCUT2D eigenvalue weighted by atomic mass is 10.2. The predicted molar refractivity (Wildman–Crippen MR) is 97.7 cm³/mol. The normalized spacial score (nSPS) is 11.2. The highest BCUT2D eigenvalue weighted by molar-refractivity contribution is 7.89. The lowest BCUT2D eigenvalue weighted by Crippen LogP contribution is -2.23. The number of hydrogen-bond acceptors (Lipinski definition) is 3. The van der Waals surface area contributed by atoms with Crippen LogP contribution in [0.3, 0.4) is 0 Å². The number of nitrogens with one attached hydrogen (secondary N) is 1. The number of sulfonamides is 1. The zero-order chi connectivity index (χ0) is 17.5. The van der Waals surface area contributed by atoms with E-state index in [2.05, 4.69) is 4.72 Å². The molecule has 0 aliphatic rings. The Morgan fingerprint density at radius 3 is 2.12 bits per heavy atom. The highest BCUT2D eigenvalue weighted by atomic mass is 32.2. The van der Waals surface area contributed by atoms with Gasteiger partial charge in [0.05, 0.1) is 4.90 Å². The molecule has 3 rings (SSSR count). The molecule has 0 aliphatic heterocycles. The number of ether oxygens (including phenoxy) is 1. The van der Waals surface area contributed by atoms with Gasteiger partial charge >= 0.3 is 0 Å². The summed E-state index contributed by atoms with van der Waals surface area (Å²) in [5.41, 5.74) is 1.71. The highest BCUT2D eigenvalue weighted by Crippen LogP contribution is 2.15. The molecule has 3 aromatic carbocycles. The van der Waals surface area contributed by atoms with Crippen molar-refractivity contribution in [3.05, 3.63) is 96.1 Å². The van der Waals surface area contributed by atoms with Crippen molar-refractivity contribution in [3.8, 4) is 5.75 Å². The topological polar surface area (TPSA) is 55.4 Å². The molecule has 0 spiro atoms. The molecule has 0 saturated heterocycles. The molecule has 0 fully saturated rings. The fraction of sp³-hybridized carbons (Fsp3) is 0.100. The maximum atomic E-state index is 12.5. The molecule has 128 valence electrons. The minimum Gasteiger partial charge on any atom is -0.489 e. The van der Waals surface area contributed by atoms with Crippen LogP contribution in [0.15, 0.2) is 89.8 Å². The number of para-hydroxylation sites is 1. The fourth-order valence-corrected chi connectivity index (χ4v) is 3.43. The van der Waals surface area contributed by atoms with Crippen LogP contribution in [0.1, 0.15) is 11.1 Å². The molecule has 1 N–H and O–H groups in total. The van der Waals surface area contributed by atoms with E-state index in [1.807, 2.05) is 66.7 Å². The molecule has 0 atom stereocenters. The van der Waals surface area contributed by atoms with E-state index in [9.17, 15) is 8.42 Å². The number of hydrogen-bond donors (Lipinski definition) is 1. The number of benzene rings is 3. The van der Waals surface area contributed by atoms with Crippen molar-refractivity contribution in [2.45, 2.75) is 18.0 Å². The largest absolute Gasteiger partial charge is 0.489 e. The van der Waals surface area contributed by atoms with Gasteiger partial charge in [-0.15, -0.1) is 0 Å². The Morgan fingerprint density at radius 2 is 1.40 bits per heavy atom. The molecule has 0 unspecified atom stereocenters. The molecule has 0 amide bonds. The second-order valence-electron chi connectivity index (χ2n) is 5.56. The lowest BCUT2D eigenvalue weighted by molar-refractivity contribution is 0.306. The first-order chi connectivity index (χ1) is 12.1. The van der Waals surface area contributed by atoms with Gasteiger partial charge in [0.25, 0.3) is 0 Å². The van der Waals surface area contributed by atoms with E-state index in [4.69, 9.17) is 4.74 Å². The van der Waals surface area contributed by atoms with Gasteiger partial charge in [0.2, 0.25) is 10.0 Å². The number of rotatable bonds is 7. The van der Waals surface area contributed by atoms with Crippen LogP contribution in [0, 0.1) is 0 Å². The zero-order valence-corrected chi connectivity index (χ0v) is 14.4. The van der Waals surface area contributed by atoms with Gasteiger partial charge in [-0.3, -0.25) is 0 Å². The molecule has 0 heterocycles. The summed E-state index contributed by atoms with van der Waals surface area (Å²) in [4.78, 5) is 0.234. The molecule has 0 radical (unpaired) electrons. The monoisotopic (exact) mass is 353 g/mol. The quantitative estimate of drug-likeness (QED) is 0.704. The molecule has 25 heavy (non-hydrogen) atoms. The van der Waals surface area contributed by atoms with E-state index < -0.39 is 10.0 Å². The molecule has 3 aromatic rings. The maximum Gasteiger partial charge on any atom is 0.240 e. The van der Waals surface area contributed by atoms with Crippen molar-refractivity contribution in [1.29, 1.82) is 0 Å². The minimum absolute atomic E-state index is 0.234. The first-order valence-electron chi connectivity index (χ1n) is 7.94. The first-order valence-corrected chi connectivity index (χ1v) is 9.42. The third kappa shape index (κ3) is 4.92. The molecule has 5 heteroatoms. The van der Waals surface area contributed by atoms with E-state index in [1.165, 1.54) is 0 Å². The van der Waals surface area contributed by atoms with Gasteiger partial charge in [0, 0.05) is 6.54 Å². The Bertz CT molecular complexity index is 910. The Kier molecular flexibility index (Phi) is 5.48. The fourth-order valence-electron chi connectivity index (χ4n) is 2.34. The summed E-state index contributed by atoms with van der Waals surface area (Å²) in [5.74, 6) is 0.748. The van der Waals surface area contributed by atoms with Crippen molar-refractivity contribution in [1.82, 2.24) is 4.72 Å². The summed E-state index contributed by atoms with van der Waals surface area (Å²) in [6.45, 7) is 0.569. The lowest BCUT2D eigenvalue weighted by Gasteiger charge is -2.10. The van der Waals surface area contributed by atoms with E-state index in [0.29, 0.717) is 6.61 Å². The van der Waals surface area contributed by atoms with Gasteiger partial charge in [-0.1, -0.05) is 60.7 Å². The van der Waals surface area contributed by atoms with Crippen molar-refractivity contribution in [2.24, 2.45) is 0 Å². The second kappa shape index (κ2) is 7.96. The third-order valence-electron chi connectivity index (χ3n) is 3.67. The van der Waals surface area contributed by atoms with Gasteiger partial charge < -0.3 is 4.74 Å². The summed E-state index contributed by atoms with van der Waals surface area (Å²) >= 11 is 0. The third-order valence-corrected chi connectivity index (χ3v) is 5.07. The van der Waals surface area contributed by atoms with Crippen LogP contribution in [0.5, 0.6) is 5.75 Å². The molecule has 0 saturated carbocycles. The maximum absolute atomic E-state index is 12.5. The van der Waals surface area contributed by atoms with Crippen molar-refractivity contribution in [2.75, 3.05) is 0 Å². The molecule has 0 aliphatic carbocycles. The van der Waals surface area contributed by atoms with Gasteiger partial charge in [-0.05, 0) is 35.4 Å². The van der Waals surface area contributed by atoms with Crippen LogP contribution >= 0.6 is 0 Å². The smallest absolute Gasteiger partial charge is 0.240 e. The van der Waals surface area contributed by atoms with Crippen molar-refractivity contribution < 1.29 is 13.2 Å². The first kappa shape index (κ1) is 17.2. The molecular weight excluding hydrogens is 334 g/mol. The summed E-state index contributed by atoms with van der Waals surface area (Å²) in [5, 5.41) is 0. The van der Waals surface area contributed by atoms with Crippen LogP contribution in [-0.2, 0) is 23.2 Å². The zero-order valence-electron chi connectivity index (χ0n) is 13.6. The molecule has 4 nitrogen and oxygen atoms in total. The van der Waals surface area contributed by atoms with Crippen LogP contribution < -0.4 is 9.46 Å². The van der Waals surface area contributed by atoms with Gasteiger partial charge in [-0.25, -0.2) is 13.1 Å². The average Bonchev–Trinajstić information content (AvgIpc) is 2.67. The average molecular weight is 353 g/mol. The summed E-state index contributed by atoms with van der Waals surface area (Å²) < 4.78 is 33.3. The Balaban J connectivity index is 1.67. The standard InChI is InChI=1S/C20H19NO3S/c22-25(23,21-15-17-8-3-1-4-9-17)20-13-7-10-18(14-20)16-24-19-11-5-2-6-12-19/h1-14,21H,15-16H2. The molecule has 0 aromatic heterocycles. The van der Waals surface area contributed by atoms with Gasteiger partial charge in [-0.2, -0.15) is 0 Å². The van der Waals surface area contributed by atoms with Crippen LogP contribution in [0.4, 0.5) is 0 Å². The van der Waals surface area contributed by atoms with E-state index in [-0.39, 0.29) is 11.4 Å². The van der Waals surface area contributed by atoms with Crippen molar-refractivity contribution in [3.63, 3.8) is 0 Å². The predicted octanol–water partition coefficient (Wildman–Crippen LogP) is 3.74. The van der Waals surface area contributed by atoms with Crippen LogP contribution in [0.2, 0.25) is 0 Å². The van der Waals surface area contributed by atoms with E-state index >= 15 is 0 Å². The van der Waals surface area contributed by atoms with E-state index in [0.717, 1.165) is 16.9 Å². The Morgan fingerprint density at radius 1 is 0.760 bits per heavy atom. The minimum atomic E-state index is -3.57. The highest BCUT2D eigenvalue weighted by Gasteiger charge is 2.14. The van der Waals surface area contributed by atoms with Gasteiger partial charge in [0.15, 0.2) is 0 Å². The summed E-state index contributed by atoms with van der Waals surface area (Å²) in [6, 6.07) is 25.6. The van der Waals surface area contributed by atoms with Gasteiger partial charge in [0.1, 0.15) is 12.4 Å². The van der Waals surface area contributed by atoms with E-state index in [1.54, 1.807) is 18.2 Å². The summed E-state index contributed by atoms with van der Waals surface area (Å²) in [6.07, 6.45) is 0. The Hall–Kier alpha value is -2.63. The van der Waals surface area contributed by atoms with Crippen molar-refractivity contribution >= 4 is 10.0 Å².